The zero-order valence-electron chi connectivity index (χ0n) is 13.3. The summed E-state index contributed by atoms with van der Waals surface area (Å²) in [6.45, 7) is 5.33. The predicted molar refractivity (Wildman–Crippen MR) is 86.3 cm³/mol. The van der Waals surface area contributed by atoms with Gasteiger partial charge in [-0.1, -0.05) is 50.1 Å². The smallest absolute Gasteiger partial charge is 0.407 e. The number of benzene rings is 1. The molecule has 4 heteroatoms. The lowest BCUT2D eigenvalue weighted by Crippen LogP contribution is -2.29. The van der Waals surface area contributed by atoms with E-state index in [1.54, 1.807) is 0 Å². The highest BCUT2D eigenvalue weighted by Crippen LogP contribution is 2.00. The fourth-order valence-corrected chi connectivity index (χ4v) is 2.06. The first-order valence-electron chi connectivity index (χ1n) is 7.85. The molecule has 0 saturated carbocycles. The molecule has 0 radical (unpaired) electrons. The molecule has 1 aromatic carbocycles. The van der Waals surface area contributed by atoms with Crippen LogP contribution in [0.5, 0.6) is 0 Å². The predicted octanol–water partition coefficient (Wildman–Crippen LogP) is 3.42. The summed E-state index contributed by atoms with van der Waals surface area (Å²) in [5, 5.41) is 2.79. The first kappa shape index (κ1) is 17.5. The molecule has 0 fully saturated rings. The van der Waals surface area contributed by atoms with Crippen LogP contribution in [0, 0.1) is 0 Å². The average Bonchev–Trinajstić information content (AvgIpc) is 2.51. The lowest BCUT2D eigenvalue weighted by Gasteiger charge is -2.16. The molecule has 0 atom stereocenters. The van der Waals surface area contributed by atoms with Crippen molar-refractivity contribution in [3.63, 3.8) is 0 Å². The van der Waals surface area contributed by atoms with Gasteiger partial charge < -0.3 is 15.0 Å². The molecule has 1 aromatic rings. The van der Waals surface area contributed by atoms with Gasteiger partial charge in [0.05, 0.1) is 0 Å². The van der Waals surface area contributed by atoms with Gasteiger partial charge in [0.15, 0.2) is 0 Å². The van der Waals surface area contributed by atoms with Crippen LogP contribution in [0.4, 0.5) is 4.79 Å². The molecule has 0 aromatic heterocycles. The summed E-state index contributed by atoms with van der Waals surface area (Å²) in [6.07, 6.45) is 4.40. The second-order valence-corrected chi connectivity index (χ2v) is 5.35. The average molecular weight is 292 g/mol. The fraction of sp³-hybridized carbons (Fsp3) is 0.588. The summed E-state index contributed by atoms with van der Waals surface area (Å²) in [7, 11) is 2.13. The number of hydrogen-bond donors (Lipinski definition) is 1. The summed E-state index contributed by atoms with van der Waals surface area (Å²) in [6, 6.07) is 9.70. The van der Waals surface area contributed by atoms with Crippen LogP contribution in [0.1, 0.15) is 38.2 Å². The molecule has 1 N–H and O–H groups in total. The molecular formula is C17H28N2O2. The van der Waals surface area contributed by atoms with Crippen LogP contribution in [0.2, 0.25) is 0 Å². The Hall–Kier alpha value is -1.55. The summed E-state index contributed by atoms with van der Waals surface area (Å²) in [5.41, 5.74) is 1.00. The molecule has 21 heavy (non-hydrogen) atoms. The Morgan fingerprint density at radius 3 is 2.57 bits per heavy atom. The van der Waals surface area contributed by atoms with Crippen LogP contribution in [0.15, 0.2) is 30.3 Å². The normalized spacial score (nSPS) is 10.6. The lowest BCUT2D eigenvalue weighted by molar-refractivity contribution is 0.139. The number of carbonyl (C=O) groups is 1. The van der Waals surface area contributed by atoms with Crippen molar-refractivity contribution in [3.8, 4) is 0 Å². The molecule has 1 rings (SSSR count). The monoisotopic (exact) mass is 292 g/mol. The van der Waals surface area contributed by atoms with E-state index in [0.717, 1.165) is 25.1 Å². The van der Waals surface area contributed by atoms with E-state index in [4.69, 9.17) is 4.74 Å². The Kier molecular flexibility index (Phi) is 9.29. The van der Waals surface area contributed by atoms with Gasteiger partial charge in [0.1, 0.15) is 6.61 Å². The van der Waals surface area contributed by atoms with E-state index in [0.29, 0.717) is 13.2 Å². The van der Waals surface area contributed by atoms with Gasteiger partial charge in [-0.15, -0.1) is 0 Å². The zero-order chi connectivity index (χ0) is 15.3. The third-order valence-corrected chi connectivity index (χ3v) is 3.34. The highest BCUT2D eigenvalue weighted by Gasteiger charge is 2.02. The van der Waals surface area contributed by atoms with Crippen LogP contribution in [0.3, 0.4) is 0 Å². The van der Waals surface area contributed by atoms with Crippen LogP contribution >= 0.6 is 0 Å². The largest absolute Gasteiger partial charge is 0.445 e. The van der Waals surface area contributed by atoms with E-state index in [1.807, 2.05) is 30.3 Å². The Balaban J connectivity index is 2.00. The van der Waals surface area contributed by atoms with Crippen LogP contribution in [-0.4, -0.2) is 37.7 Å². The van der Waals surface area contributed by atoms with Crippen LogP contribution in [-0.2, 0) is 11.3 Å². The topological polar surface area (TPSA) is 41.6 Å². The second kappa shape index (κ2) is 11.1. The minimum Gasteiger partial charge on any atom is -0.445 e. The highest BCUT2D eigenvalue weighted by molar-refractivity contribution is 5.67. The number of nitrogens with zero attached hydrogens (tertiary/aromatic N) is 1. The molecule has 118 valence electrons. The van der Waals surface area contributed by atoms with E-state index in [-0.39, 0.29) is 6.09 Å². The standard InChI is InChI=1S/C17H28N2O2/c1-3-4-8-13-19(2)14-9-12-18-17(20)21-15-16-10-6-5-7-11-16/h5-7,10-11H,3-4,8-9,12-15H2,1-2H3,(H,18,20). The van der Waals surface area contributed by atoms with Gasteiger partial charge in [-0.2, -0.15) is 0 Å². The molecule has 0 aliphatic carbocycles. The first-order chi connectivity index (χ1) is 10.2. The Morgan fingerprint density at radius 1 is 1.14 bits per heavy atom. The van der Waals surface area contributed by atoms with E-state index in [9.17, 15) is 4.79 Å². The van der Waals surface area contributed by atoms with Gasteiger partial charge in [0.25, 0.3) is 0 Å². The molecule has 4 nitrogen and oxygen atoms in total. The fourth-order valence-electron chi connectivity index (χ4n) is 2.06. The molecule has 0 saturated heterocycles. The first-order valence-corrected chi connectivity index (χ1v) is 7.85. The summed E-state index contributed by atoms with van der Waals surface area (Å²) < 4.78 is 5.15. The van der Waals surface area contributed by atoms with Gasteiger partial charge in [-0.3, -0.25) is 0 Å². The van der Waals surface area contributed by atoms with Crippen LogP contribution in [0.25, 0.3) is 0 Å². The van der Waals surface area contributed by atoms with Crippen molar-refractivity contribution in [1.82, 2.24) is 10.2 Å². The van der Waals surface area contributed by atoms with Crippen molar-refractivity contribution < 1.29 is 9.53 Å². The van der Waals surface area contributed by atoms with Crippen molar-refractivity contribution in [2.75, 3.05) is 26.7 Å². The van der Waals surface area contributed by atoms with E-state index in [2.05, 4.69) is 24.2 Å². The number of carbonyl (C=O) groups excluding carboxylic acids is 1. The van der Waals surface area contributed by atoms with Gasteiger partial charge in [0.2, 0.25) is 0 Å². The molecule has 0 heterocycles. The van der Waals surface area contributed by atoms with E-state index in [1.165, 1.54) is 19.3 Å². The van der Waals surface area contributed by atoms with E-state index >= 15 is 0 Å². The van der Waals surface area contributed by atoms with Gasteiger partial charge in [-0.05, 0) is 38.5 Å². The van der Waals surface area contributed by atoms with Gasteiger partial charge >= 0.3 is 6.09 Å². The Morgan fingerprint density at radius 2 is 1.86 bits per heavy atom. The molecule has 0 aliphatic heterocycles. The number of rotatable bonds is 10. The number of nitrogens with one attached hydrogen (secondary N) is 1. The lowest BCUT2D eigenvalue weighted by atomic mass is 10.2. The second-order valence-electron chi connectivity index (χ2n) is 5.35. The third kappa shape index (κ3) is 9.08. The summed E-state index contributed by atoms with van der Waals surface area (Å²) in [5.74, 6) is 0. The zero-order valence-corrected chi connectivity index (χ0v) is 13.3. The maximum atomic E-state index is 11.5. The van der Waals surface area contributed by atoms with Crippen molar-refractivity contribution in [3.05, 3.63) is 35.9 Å². The quantitative estimate of drug-likeness (QED) is 0.672. The maximum Gasteiger partial charge on any atom is 0.407 e. The highest BCUT2D eigenvalue weighted by atomic mass is 16.5. The molecular weight excluding hydrogens is 264 g/mol. The Labute approximate surface area is 128 Å². The molecule has 1 amide bonds. The minimum absolute atomic E-state index is 0.323. The van der Waals surface area contributed by atoms with Crippen molar-refractivity contribution in [2.45, 2.75) is 39.2 Å². The molecule has 0 bridgehead atoms. The van der Waals surface area contributed by atoms with Crippen molar-refractivity contribution >= 4 is 6.09 Å². The maximum absolute atomic E-state index is 11.5. The number of ether oxygens (including phenoxy) is 1. The minimum atomic E-state index is -0.340. The van der Waals surface area contributed by atoms with Crippen molar-refractivity contribution in [2.24, 2.45) is 0 Å². The van der Waals surface area contributed by atoms with Gasteiger partial charge in [0, 0.05) is 6.54 Å². The number of amides is 1. The molecule has 0 spiro atoms. The molecule has 0 aliphatic rings. The molecule has 0 unspecified atom stereocenters. The van der Waals surface area contributed by atoms with Crippen LogP contribution < -0.4 is 5.32 Å². The Bertz CT molecular complexity index is 382. The van der Waals surface area contributed by atoms with Gasteiger partial charge in [-0.25, -0.2) is 4.79 Å². The van der Waals surface area contributed by atoms with E-state index < -0.39 is 0 Å². The summed E-state index contributed by atoms with van der Waals surface area (Å²) >= 11 is 0. The number of unbranched alkanes of at least 4 members (excludes halogenated alkanes) is 2. The number of hydrogen-bond acceptors (Lipinski definition) is 3. The summed E-state index contributed by atoms with van der Waals surface area (Å²) in [4.78, 5) is 13.8. The number of alkyl carbamates (subject to hydrolysis) is 1. The van der Waals surface area contributed by atoms with Crippen molar-refractivity contribution in [1.29, 1.82) is 0 Å². The SMILES string of the molecule is CCCCCN(C)CCCNC(=O)OCc1ccccc1. The third-order valence-electron chi connectivity index (χ3n) is 3.34.